The van der Waals surface area contributed by atoms with Crippen LogP contribution in [0, 0.1) is 25.2 Å². The summed E-state index contributed by atoms with van der Waals surface area (Å²) in [5, 5.41) is 16.0. The fourth-order valence-electron chi connectivity index (χ4n) is 3.52. The van der Waals surface area contributed by atoms with E-state index in [1.54, 1.807) is 33.3 Å². The summed E-state index contributed by atoms with van der Waals surface area (Å²) in [5.74, 6) is -0.166. The summed E-state index contributed by atoms with van der Waals surface area (Å²) in [5.41, 5.74) is 5.14. The van der Waals surface area contributed by atoms with Gasteiger partial charge in [-0.25, -0.2) is 4.68 Å². The lowest BCUT2D eigenvalue weighted by Crippen LogP contribution is -2.33. The van der Waals surface area contributed by atoms with Crippen LogP contribution in [0.4, 0.5) is 0 Å². The first-order valence-corrected chi connectivity index (χ1v) is 11.2. The molecular formula is C25H23N5OS. The van der Waals surface area contributed by atoms with Crippen molar-refractivity contribution < 1.29 is 4.79 Å². The molecule has 0 unspecified atom stereocenters. The van der Waals surface area contributed by atoms with Crippen molar-refractivity contribution in [2.45, 2.75) is 26.8 Å². The zero-order valence-corrected chi connectivity index (χ0v) is 18.8. The SMILES string of the molecule is Cc1ccc(C)c(-n2nc(-c3cccs3)cc2C(=O)N(CCC#N)Cc2cccnc2)c1. The van der Waals surface area contributed by atoms with Crippen molar-refractivity contribution in [1.82, 2.24) is 19.7 Å². The van der Waals surface area contributed by atoms with E-state index >= 15 is 0 Å². The van der Waals surface area contributed by atoms with Crippen LogP contribution in [0.25, 0.3) is 16.3 Å². The summed E-state index contributed by atoms with van der Waals surface area (Å²) in [6, 6.07) is 17.9. The van der Waals surface area contributed by atoms with E-state index in [0.717, 1.165) is 32.9 Å². The van der Waals surface area contributed by atoms with Gasteiger partial charge in [-0.05, 0) is 60.2 Å². The van der Waals surface area contributed by atoms with Gasteiger partial charge in [0, 0.05) is 25.5 Å². The van der Waals surface area contributed by atoms with Gasteiger partial charge >= 0.3 is 0 Å². The minimum absolute atomic E-state index is 0.166. The minimum atomic E-state index is -0.166. The van der Waals surface area contributed by atoms with Crippen molar-refractivity contribution in [3.63, 3.8) is 0 Å². The Morgan fingerprint density at radius 3 is 2.78 bits per heavy atom. The van der Waals surface area contributed by atoms with Crippen LogP contribution in [0.15, 0.2) is 66.3 Å². The molecule has 0 aliphatic carbocycles. The molecule has 0 radical (unpaired) electrons. The molecule has 0 aliphatic rings. The molecule has 0 atom stereocenters. The molecule has 1 amide bonds. The fraction of sp³-hybridized carbons (Fsp3) is 0.200. The number of amides is 1. The lowest BCUT2D eigenvalue weighted by atomic mass is 10.1. The van der Waals surface area contributed by atoms with Gasteiger partial charge in [-0.2, -0.15) is 10.4 Å². The average molecular weight is 442 g/mol. The van der Waals surface area contributed by atoms with Gasteiger partial charge in [-0.15, -0.1) is 11.3 Å². The van der Waals surface area contributed by atoms with E-state index in [9.17, 15) is 4.79 Å². The lowest BCUT2D eigenvalue weighted by molar-refractivity contribution is 0.0737. The highest BCUT2D eigenvalue weighted by molar-refractivity contribution is 7.13. The van der Waals surface area contributed by atoms with E-state index < -0.39 is 0 Å². The number of aryl methyl sites for hydroxylation is 2. The number of thiophene rings is 1. The van der Waals surface area contributed by atoms with Crippen LogP contribution in [0.1, 0.15) is 33.6 Å². The standard InChI is InChI=1S/C25H23N5OS/c1-18-8-9-19(2)22(14-18)30-23(15-21(28-30)24-7-4-13-32-24)25(31)29(12-5-10-26)17-20-6-3-11-27-16-20/h3-4,6-9,11,13-16H,5,12,17H2,1-2H3. The van der Waals surface area contributed by atoms with Crippen molar-refractivity contribution in [3.8, 4) is 22.3 Å². The first-order chi connectivity index (χ1) is 15.6. The Morgan fingerprint density at radius 1 is 1.19 bits per heavy atom. The van der Waals surface area contributed by atoms with Gasteiger partial charge < -0.3 is 4.90 Å². The van der Waals surface area contributed by atoms with Gasteiger partial charge in [-0.3, -0.25) is 9.78 Å². The second-order valence-corrected chi connectivity index (χ2v) is 8.54. The summed E-state index contributed by atoms with van der Waals surface area (Å²) >= 11 is 1.59. The maximum atomic E-state index is 13.8. The molecule has 0 spiro atoms. The van der Waals surface area contributed by atoms with E-state index in [-0.39, 0.29) is 12.3 Å². The van der Waals surface area contributed by atoms with Crippen molar-refractivity contribution in [3.05, 3.63) is 88.7 Å². The molecule has 0 saturated carbocycles. The van der Waals surface area contributed by atoms with Crippen molar-refractivity contribution in [2.24, 2.45) is 0 Å². The number of benzene rings is 1. The van der Waals surface area contributed by atoms with Gasteiger partial charge in [0.25, 0.3) is 5.91 Å². The summed E-state index contributed by atoms with van der Waals surface area (Å²) in [7, 11) is 0. The lowest BCUT2D eigenvalue weighted by Gasteiger charge is -2.22. The topological polar surface area (TPSA) is 74.8 Å². The number of carbonyl (C=O) groups excluding carboxylic acids is 1. The number of hydrogen-bond donors (Lipinski definition) is 0. The molecule has 7 heteroatoms. The molecule has 160 valence electrons. The van der Waals surface area contributed by atoms with E-state index in [1.165, 1.54) is 0 Å². The Labute approximate surface area is 191 Å². The maximum Gasteiger partial charge on any atom is 0.272 e. The number of nitrogens with zero attached hydrogens (tertiary/aromatic N) is 5. The molecule has 4 rings (SSSR count). The molecule has 0 aliphatic heterocycles. The Balaban J connectivity index is 1.79. The van der Waals surface area contributed by atoms with Gasteiger partial charge in [0.15, 0.2) is 0 Å². The third-order valence-electron chi connectivity index (χ3n) is 5.17. The summed E-state index contributed by atoms with van der Waals surface area (Å²) in [6.45, 7) is 4.74. The number of aromatic nitrogens is 3. The molecule has 0 saturated heterocycles. The second-order valence-electron chi connectivity index (χ2n) is 7.59. The predicted octanol–water partition coefficient (Wildman–Crippen LogP) is 5.17. The van der Waals surface area contributed by atoms with Crippen molar-refractivity contribution >= 4 is 17.2 Å². The number of carbonyl (C=O) groups is 1. The maximum absolute atomic E-state index is 13.8. The highest BCUT2D eigenvalue weighted by Crippen LogP contribution is 2.28. The quantitative estimate of drug-likeness (QED) is 0.397. The highest BCUT2D eigenvalue weighted by Gasteiger charge is 2.24. The van der Waals surface area contributed by atoms with Crippen LogP contribution in [0.5, 0.6) is 0 Å². The second kappa shape index (κ2) is 9.58. The third kappa shape index (κ3) is 4.61. The summed E-state index contributed by atoms with van der Waals surface area (Å²) in [6.07, 6.45) is 3.70. The van der Waals surface area contributed by atoms with Gasteiger partial charge in [0.1, 0.15) is 11.4 Å². The molecule has 1 aromatic carbocycles. The largest absolute Gasteiger partial charge is 0.332 e. The third-order valence-corrected chi connectivity index (χ3v) is 6.06. The van der Waals surface area contributed by atoms with E-state index in [4.69, 9.17) is 10.4 Å². The fourth-order valence-corrected chi connectivity index (χ4v) is 4.20. The molecule has 6 nitrogen and oxygen atoms in total. The van der Waals surface area contributed by atoms with Gasteiger partial charge in [0.05, 0.1) is 23.1 Å². The van der Waals surface area contributed by atoms with Crippen molar-refractivity contribution in [2.75, 3.05) is 6.54 Å². The number of pyridine rings is 1. The molecule has 4 aromatic rings. The summed E-state index contributed by atoms with van der Waals surface area (Å²) in [4.78, 5) is 20.6. The molecule has 3 heterocycles. The van der Waals surface area contributed by atoms with Crippen LogP contribution in [-0.2, 0) is 6.54 Å². The average Bonchev–Trinajstić information content (AvgIpc) is 3.48. The van der Waals surface area contributed by atoms with Crippen molar-refractivity contribution in [1.29, 1.82) is 5.26 Å². The number of nitriles is 1. The Morgan fingerprint density at radius 2 is 2.06 bits per heavy atom. The Kier molecular flexibility index (Phi) is 6.43. The van der Waals surface area contributed by atoms with E-state index in [0.29, 0.717) is 18.8 Å². The van der Waals surface area contributed by atoms with E-state index in [2.05, 4.69) is 11.1 Å². The Bertz CT molecular complexity index is 1260. The monoisotopic (exact) mass is 441 g/mol. The zero-order chi connectivity index (χ0) is 22.5. The first kappa shape index (κ1) is 21.5. The number of hydrogen-bond acceptors (Lipinski definition) is 5. The molecule has 0 fully saturated rings. The van der Waals surface area contributed by atoms with Crippen LogP contribution in [-0.4, -0.2) is 32.1 Å². The summed E-state index contributed by atoms with van der Waals surface area (Å²) < 4.78 is 1.74. The first-order valence-electron chi connectivity index (χ1n) is 10.3. The molecule has 0 N–H and O–H groups in total. The van der Waals surface area contributed by atoms with Gasteiger partial charge in [0.2, 0.25) is 0 Å². The molecular weight excluding hydrogens is 418 g/mol. The zero-order valence-electron chi connectivity index (χ0n) is 18.0. The number of rotatable bonds is 7. The minimum Gasteiger partial charge on any atom is -0.332 e. The Hall–Kier alpha value is -3.76. The van der Waals surface area contributed by atoms with E-state index in [1.807, 2.05) is 67.8 Å². The predicted molar refractivity (Wildman–Crippen MR) is 126 cm³/mol. The molecule has 3 aromatic heterocycles. The van der Waals surface area contributed by atoms with Crippen LogP contribution < -0.4 is 0 Å². The van der Waals surface area contributed by atoms with Crippen LogP contribution in [0.3, 0.4) is 0 Å². The molecule has 32 heavy (non-hydrogen) atoms. The molecule has 0 bridgehead atoms. The van der Waals surface area contributed by atoms with Gasteiger partial charge in [-0.1, -0.05) is 24.3 Å². The van der Waals surface area contributed by atoms with Crippen LogP contribution >= 0.6 is 11.3 Å². The highest BCUT2D eigenvalue weighted by atomic mass is 32.1. The van der Waals surface area contributed by atoms with Crippen LogP contribution in [0.2, 0.25) is 0 Å². The normalized spacial score (nSPS) is 10.7. The smallest absolute Gasteiger partial charge is 0.272 e.